The van der Waals surface area contributed by atoms with Gasteiger partial charge in [0.1, 0.15) is 5.75 Å². The number of benzene rings is 2. The molecular formula is C19H24O2. The third-order valence-electron chi connectivity index (χ3n) is 3.72. The van der Waals surface area contributed by atoms with Crippen molar-refractivity contribution in [3.63, 3.8) is 0 Å². The molecule has 1 unspecified atom stereocenters. The summed E-state index contributed by atoms with van der Waals surface area (Å²) in [5.41, 5.74) is 5.07. The third kappa shape index (κ3) is 4.61. The summed E-state index contributed by atoms with van der Waals surface area (Å²) >= 11 is 0. The molecule has 2 aromatic rings. The number of hydrogen-bond donors (Lipinski definition) is 1. The first-order chi connectivity index (χ1) is 10.1. The summed E-state index contributed by atoms with van der Waals surface area (Å²) in [5, 5.41) is 9.68. The fourth-order valence-corrected chi connectivity index (χ4v) is 2.85. The van der Waals surface area contributed by atoms with Crippen molar-refractivity contribution in [2.24, 2.45) is 5.92 Å². The summed E-state index contributed by atoms with van der Waals surface area (Å²) in [6.07, 6.45) is 1.76. The van der Waals surface area contributed by atoms with Gasteiger partial charge in [0.25, 0.3) is 0 Å². The number of aliphatic hydroxyl groups is 1. The van der Waals surface area contributed by atoms with Crippen LogP contribution in [0.4, 0.5) is 0 Å². The minimum absolute atomic E-state index is 0.199. The van der Waals surface area contributed by atoms with Crippen LogP contribution in [0.15, 0.2) is 42.5 Å². The molecule has 1 atom stereocenters. The predicted octanol–water partition coefficient (Wildman–Crippen LogP) is 3.71. The van der Waals surface area contributed by atoms with Gasteiger partial charge in [-0.1, -0.05) is 41.5 Å². The number of methoxy groups -OCH3 is 1. The van der Waals surface area contributed by atoms with Crippen molar-refractivity contribution >= 4 is 0 Å². The molecule has 2 nitrogen and oxygen atoms in total. The Morgan fingerprint density at radius 1 is 0.952 bits per heavy atom. The highest BCUT2D eigenvalue weighted by molar-refractivity contribution is 5.30. The lowest BCUT2D eigenvalue weighted by atomic mass is 9.92. The second-order valence-electron chi connectivity index (χ2n) is 5.80. The maximum absolute atomic E-state index is 9.68. The number of hydrogen-bond acceptors (Lipinski definition) is 2. The van der Waals surface area contributed by atoms with Crippen LogP contribution in [-0.2, 0) is 12.8 Å². The minimum atomic E-state index is 0.199. The summed E-state index contributed by atoms with van der Waals surface area (Å²) in [6, 6.07) is 14.7. The van der Waals surface area contributed by atoms with Crippen molar-refractivity contribution in [1.82, 2.24) is 0 Å². The number of aryl methyl sites for hydroxylation is 2. The lowest BCUT2D eigenvalue weighted by molar-refractivity contribution is 0.225. The van der Waals surface area contributed by atoms with Crippen LogP contribution in [0.1, 0.15) is 22.3 Å². The molecule has 0 spiro atoms. The summed E-state index contributed by atoms with van der Waals surface area (Å²) in [6.45, 7) is 4.43. The Hall–Kier alpha value is -1.80. The van der Waals surface area contributed by atoms with E-state index >= 15 is 0 Å². The van der Waals surface area contributed by atoms with E-state index in [0.29, 0.717) is 0 Å². The van der Waals surface area contributed by atoms with Crippen LogP contribution in [0.2, 0.25) is 0 Å². The van der Waals surface area contributed by atoms with Gasteiger partial charge in [-0.15, -0.1) is 0 Å². The molecule has 21 heavy (non-hydrogen) atoms. The van der Waals surface area contributed by atoms with Gasteiger partial charge < -0.3 is 9.84 Å². The Kier molecular flexibility index (Phi) is 5.40. The standard InChI is InChI=1S/C19H24O2/c1-14-7-15(2)9-17(8-14)11-18(13-20)10-16-5-4-6-19(12-16)21-3/h4-9,12,18,20H,10-11,13H2,1-3H3. The van der Waals surface area contributed by atoms with Gasteiger partial charge >= 0.3 is 0 Å². The molecule has 0 bridgehead atoms. The maximum atomic E-state index is 9.68. The number of ether oxygens (including phenoxy) is 1. The van der Waals surface area contributed by atoms with Crippen molar-refractivity contribution in [1.29, 1.82) is 0 Å². The van der Waals surface area contributed by atoms with Gasteiger partial charge in [-0.05, 0) is 55.9 Å². The average molecular weight is 284 g/mol. The van der Waals surface area contributed by atoms with E-state index in [1.54, 1.807) is 7.11 Å². The zero-order valence-corrected chi connectivity index (χ0v) is 13.1. The molecule has 0 fully saturated rings. The van der Waals surface area contributed by atoms with Crippen LogP contribution in [0.3, 0.4) is 0 Å². The highest BCUT2D eigenvalue weighted by Gasteiger charge is 2.11. The van der Waals surface area contributed by atoms with Gasteiger partial charge in [0.05, 0.1) is 7.11 Å². The molecular weight excluding hydrogens is 260 g/mol. The van der Waals surface area contributed by atoms with E-state index in [2.05, 4.69) is 38.1 Å². The Morgan fingerprint density at radius 3 is 2.24 bits per heavy atom. The van der Waals surface area contributed by atoms with Crippen LogP contribution >= 0.6 is 0 Å². The Balaban J connectivity index is 2.08. The van der Waals surface area contributed by atoms with Crippen molar-refractivity contribution in [3.05, 3.63) is 64.7 Å². The van der Waals surface area contributed by atoms with E-state index in [-0.39, 0.29) is 12.5 Å². The molecule has 0 radical (unpaired) electrons. The largest absolute Gasteiger partial charge is 0.497 e. The van der Waals surface area contributed by atoms with E-state index in [1.807, 2.05) is 18.2 Å². The Bertz CT molecular complexity index is 570. The average Bonchev–Trinajstić information content (AvgIpc) is 2.45. The molecule has 0 saturated heterocycles. The molecule has 0 aliphatic carbocycles. The summed E-state index contributed by atoms with van der Waals surface area (Å²) < 4.78 is 5.26. The van der Waals surface area contributed by atoms with E-state index in [1.165, 1.54) is 22.3 Å². The third-order valence-corrected chi connectivity index (χ3v) is 3.72. The molecule has 0 aliphatic rings. The molecule has 0 heterocycles. The van der Waals surface area contributed by atoms with Crippen LogP contribution < -0.4 is 4.74 Å². The Morgan fingerprint density at radius 2 is 1.62 bits per heavy atom. The lowest BCUT2D eigenvalue weighted by Crippen LogP contribution is -2.13. The lowest BCUT2D eigenvalue weighted by Gasteiger charge is -2.16. The van der Waals surface area contributed by atoms with Gasteiger partial charge in [-0.2, -0.15) is 0 Å². The summed E-state index contributed by atoms with van der Waals surface area (Å²) in [4.78, 5) is 0. The van der Waals surface area contributed by atoms with E-state index in [0.717, 1.165) is 18.6 Å². The topological polar surface area (TPSA) is 29.5 Å². The Labute approximate surface area is 127 Å². The maximum Gasteiger partial charge on any atom is 0.119 e. The first-order valence-electron chi connectivity index (χ1n) is 7.41. The zero-order chi connectivity index (χ0) is 15.2. The fraction of sp³-hybridized carbons (Fsp3) is 0.368. The quantitative estimate of drug-likeness (QED) is 0.876. The monoisotopic (exact) mass is 284 g/mol. The number of aliphatic hydroxyl groups excluding tert-OH is 1. The molecule has 0 amide bonds. The normalized spacial score (nSPS) is 12.2. The second kappa shape index (κ2) is 7.28. The van der Waals surface area contributed by atoms with Crippen molar-refractivity contribution in [2.45, 2.75) is 26.7 Å². The minimum Gasteiger partial charge on any atom is -0.497 e. The molecule has 112 valence electrons. The molecule has 0 aliphatic heterocycles. The highest BCUT2D eigenvalue weighted by atomic mass is 16.5. The van der Waals surface area contributed by atoms with E-state index in [9.17, 15) is 5.11 Å². The molecule has 0 aromatic heterocycles. The van der Waals surface area contributed by atoms with Crippen LogP contribution in [0, 0.1) is 19.8 Å². The summed E-state index contributed by atoms with van der Waals surface area (Å²) in [7, 11) is 1.68. The van der Waals surface area contributed by atoms with Crippen LogP contribution in [0.5, 0.6) is 5.75 Å². The van der Waals surface area contributed by atoms with Crippen LogP contribution in [-0.4, -0.2) is 18.8 Å². The number of rotatable bonds is 6. The van der Waals surface area contributed by atoms with Crippen LogP contribution in [0.25, 0.3) is 0 Å². The van der Waals surface area contributed by atoms with E-state index in [4.69, 9.17) is 4.74 Å². The highest BCUT2D eigenvalue weighted by Crippen LogP contribution is 2.19. The molecule has 2 aromatic carbocycles. The second-order valence-corrected chi connectivity index (χ2v) is 5.80. The van der Waals surface area contributed by atoms with Crippen molar-refractivity contribution in [2.75, 3.05) is 13.7 Å². The fourth-order valence-electron chi connectivity index (χ4n) is 2.85. The first-order valence-corrected chi connectivity index (χ1v) is 7.41. The SMILES string of the molecule is COc1cccc(CC(CO)Cc2cc(C)cc(C)c2)c1. The molecule has 2 rings (SSSR count). The molecule has 0 saturated carbocycles. The molecule has 1 N–H and O–H groups in total. The zero-order valence-electron chi connectivity index (χ0n) is 13.1. The first kappa shape index (κ1) is 15.6. The smallest absolute Gasteiger partial charge is 0.119 e. The predicted molar refractivity (Wildman–Crippen MR) is 86.9 cm³/mol. The van der Waals surface area contributed by atoms with Gasteiger partial charge in [-0.3, -0.25) is 0 Å². The van der Waals surface area contributed by atoms with Crippen molar-refractivity contribution in [3.8, 4) is 5.75 Å². The summed E-state index contributed by atoms with van der Waals surface area (Å²) in [5.74, 6) is 1.11. The van der Waals surface area contributed by atoms with Gasteiger partial charge in [0, 0.05) is 6.61 Å². The van der Waals surface area contributed by atoms with E-state index < -0.39 is 0 Å². The van der Waals surface area contributed by atoms with Gasteiger partial charge in [0.2, 0.25) is 0 Å². The van der Waals surface area contributed by atoms with Gasteiger partial charge in [-0.25, -0.2) is 0 Å². The van der Waals surface area contributed by atoms with Crippen molar-refractivity contribution < 1.29 is 9.84 Å². The van der Waals surface area contributed by atoms with Gasteiger partial charge in [0.15, 0.2) is 0 Å². The molecule has 2 heteroatoms.